The van der Waals surface area contributed by atoms with Gasteiger partial charge in [0.1, 0.15) is 0 Å². The van der Waals surface area contributed by atoms with Crippen molar-refractivity contribution in [1.82, 2.24) is 0 Å². The summed E-state index contributed by atoms with van der Waals surface area (Å²) < 4.78 is 0. The maximum absolute atomic E-state index is 8.70. The van der Waals surface area contributed by atoms with E-state index in [2.05, 4.69) is 0 Å². The van der Waals surface area contributed by atoms with Gasteiger partial charge in [-0.3, -0.25) is 0 Å². The van der Waals surface area contributed by atoms with Gasteiger partial charge in [-0.1, -0.05) is 13.8 Å². The number of hydrogen-bond acceptors (Lipinski definition) is 3. The first-order valence-corrected chi connectivity index (χ1v) is 3.02. The predicted molar refractivity (Wildman–Crippen MR) is 35.9 cm³/mol. The summed E-state index contributed by atoms with van der Waals surface area (Å²) in [6.07, 6.45) is 0. The van der Waals surface area contributed by atoms with Crippen molar-refractivity contribution >= 4 is 0 Å². The van der Waals surface area contributed by atoms with E-state index < -0.39 is 0 Å². The van der Waals surface area contributed by atoms with E-state index in [1.54, 1.807) is 0 Å². The van der Waals surface area contributed by atoms with E-state index in [1.165, 1.54) is 0 Å². The maximum Gasteiger partial charge on any atom is 0.0588 e. The molecule has 3 heteroatoms. The Morgan fingerprint density at radius 1 is 1.44 bits per heavy atom. The number of aliphatic hydroxyl groups excluding tert-OH is 2. The fourth-order valence-corrected chi connectivity index (χ4v) is 0.364. The summed E-state index contributed by atoms with van der Waals surface area (Å²) in [5.41, 5.74) is 5.08. The van der Waals surface area contributed by atoms with E-state index >= 15 is 0 Å². The monoisotopic (exact) mass is 133 g/mol. The Morgan fingerprint density at radius 2 is 1.89 bits per heavy atom. The third-order valence-electron chi connectivity index (χ3n) is 1.61. The molecule has 0 saturated carbocycles. The van der Waals surface area contributed by atoms with Gasteiger partial charge in [-0.05, 0) is 0 Å². The van der Waals surface area contributed by atoms with E-state index in [-0.39, 0.29) is 24.7 Å². The van der Waals surface area contributed by atoms with Crippen LogP contribution in [0.3, 0.4) is 0 Å². The Hall–Kier alpha value is -0.120. The fraction of sp³-hybridized carbons (Fsp3) is 1.00. The van der Waals surface area contributed by atoms with Gasteiger partial charge in [-0.25, -0.2) is 0 Å². The first-order valence-electron chi connectivity index (χ1n) is 3.02. The number of hydrogen-bond donors (Lipinski definition) is 3. The van der Waals surface area contributed by atoms with Crippen molar-refractivity contribution in [1.29, 1.82) is 0 Å². The van der Waals surface area contributed by atoms with Crippen molar-refractivity contribution in [3.05, 3.63) is 0 Å². The van der Waals surface area contributed by atoms with E-state index in [0.29, 0.717) is 0 Å². The van der Waals surface area contributed by atoms with Crippen molar-refractivity contribution in [3.63, 3.8) is 0 Å². The second-order valence-electron chi connectivity index (χ2n) is 2.94. The van der Waals surface area contributed by atoms with Gasteiger partial charge in [-0.15, -0.1) is 0 Å². The minimum atomic E-state index is -0.366. The molecule has 0 fully saturated rings. The molecule has 0 rings (SSSR count). The Labute approximate surface area is 55.5 Å². The largest absolute Gasteiger partial charge is 0.396 e. The van der Waals surface area contributed by atoms with Crippen molar-refractivity contribution in [2.24, 2.45) is 11.1 Å². The Balaban J connectivity index is 3.80. The molecule has 0 aromatic rings. The van der Waals surface area contributed by atoms with Crippen LogP contribution in [-0.2, 0) is 0 Å². The molecule has 0 aliphatic carbocycles. The molecule has 0 aromatic carbocycles. The zero-order valence-corrected chi connectivity index (χ0v) is 5.96. The average molecular weight is 133 g/mol. The summed E-state index contributed by atoms with van der Waals surface area (Å²) in [7, 11) is 0. The zero-order valence-electron chi connectivity index (χ0n) is 5.96. The second kappa shape index (κ2) is 3.15. The molecule has 0 spiro atoms. The lowest BCUT2D eigenvalue weighted by Crippen LogP contribution is -2.42. The van der Waals surface area contributed by atoms with E-state index in [9.17, 15) is 0 Å². The minimum Gasteiger partial charge on any atom is -0.396 e. The van der Waals surface area contributed by atoms with Gasteiger partial charge < -0.3 is 15.9 Å². The van der Waals surface area contributed by atoms with Gasteiger partial charge in [0.25, 0.3) is 0 Å². The molecule has 4 N–H and O–H groups in total. The molecule has 3 nitrogen and oxygen atoms in total. The van der Waals surface area contributed by atoms with Gasteiger partial charge in [0, 0.05) is 18.1 Å². The lowest BCUT2D eigenvalue weighted by atomic mass is 9.86. The number of rotatable bonds is 3. The van der Waals surface area contributed by atoms with Gasteiger partial charge in [-0.2, -0.15) is 0 Å². The average Bonchev–Trinajstić information content (AvgIpc) is 1.86. The molecule has 0 radical (unpaired) electrons. The summed E-state index contributed by atoms with van der Waals surface area (Å²) >= 11 is 0. The molecular weight excluding hydrogens is 118 g/mol. The molecule has 0 aliphatic rings. The number of aliphatic hydroxyl groups is 2. The highest BCUT2D eigenvalue weighted by Crippen LogP contribution is 2.16. The quantitative estimate of drug-likeness (QED) is 0.478. The van der Waals surface area contributed by atoms with Crippen molar-refractivity contribution < 1.29 is 10.2 Å². The third-order valence-corrected chi connectivity index (χ3v) is 1.61. The molecule has 0 bridgehead atoms. The lowest BCUT2D eigenvalue weighted by Gasteiger charge is -2.27. The molecule has 1 unspecified atom stereocenters. The fourth-order valence-electron chi connectivity index (χ4n) is 0.364. The Kier molecular flexibility index (Phi) is 3.11. The van der Waals surface area contributed by atoms with Crippen molar-refractivity contribution in [2.45, 2.75) is 19.9 Å². The zero-order chi connectivity index (χ0) is 7.49. The van der Waals surface area contributed by atoms with E-state index in [1.807, 2.05) is 13.8 Å². The Bertz CT molecular complexity index is 83.1. The molecule has 0 amide bonds. The van der Waals surface area contributed by atoms with Crippen LogP contribution in [0.5, 0.6) is 0 Å². The van der Waals surface area contributed by atoms with Crippen LogP contribution < -0.4 is 5.73 Å². The van der Waals surface area contributed by atoms with Crippen LogP contribution in [0.15, 0.2) is 0 Å². The SMILES string of the molecule is CC(C)(CO)C(N)CO. The summed E-state index contributed by atoms with van der Waals surface area (Å²) in [6.45, 7) is 3.56. The normalized spacial score (nSPS) is 15.7. The first-order chi connectivity index (χ1) is 4.04. The van der Waals surface area contributed by atoms with Crippen LogP contribution in [0.4, 0.5) is 0 Å². The standard InChI is InChI=1S/C6H15NO2/c1-6(2,4-9)5(7)3-8/h5,8-9H,3-4,7H2,1-2H3. The summed E-state index contributed by atoms with van der Waals surface area (Å²) in [5, 5.41) is 17.3. The molecule has 0 heterocycles. The van der Waals surface area contributed by atoms with Crippen molar-refractivity contribution in [3.8, 4) is 0 Å². The van der Waals surface area contributed by atoms with Crippen LogP contribution in [0.25, 0.3) is 0 Å². The molecule has 0 aliphatic heterocycles. The van der Waals surface area contributed by atoms with Crippen LogP contribution in [0.1, 0.15) is 13.8 Å². The molecule has 0 saturated heterocycles. The Morgan fingerprint density at radius 3 is 2.00 bits per heavy atom. The highest BCUT2D eigenvalue weighted by Gasteiger charge is 2.24. The van der Waals surface area contributed by atoms with Crippen LogP contribution in [0, 0.1) is 5.41 Å². The van der Waals surface area contributed by atoms with Crippen LogP contribution >= 0.6 is 0 Å². The van der Waals surface area contributed by atoms with E-state index in [4.69, 9.17) is 15.9 Å². The van der Waals surface area contributed by atoms with Crippen LogP contribution in [0.2, 0.25) is 0 Å². The van der Waals surface area contributed by atoms with Gasteiger partial charge in [0.2, 0.25) is 0 Å². The second-order valence-corrected chi connectivity index (χ2v) is 2.94. The maximum atomic E-state index is 8.70. The molecule has 56 valence electrons. The first kappa shape index (κ1) is 8.88. The minimum absolute atomic E-state index is 0.00866. The molecule has 0 aromatic heterocycles. The van der Waals surface area contributed by atoms with Gasteiger partial charge >= 0.3 is 0 Å². The summed E-state index contributed by atoms with van der Waals surface area (Å²) in [6, 6.07) is -0.331. The predicted octanol–water partition coefficient (Wildman–Crippen LogP) is -0.676. The lowest BCUT2D eigenvalue weighted by molar-refractivity contribution is 0.0988. The van der Waals surface area contributed by atoms with Crippen molar-refractivity contribution in [2.75, 3.05) is 13.2 Å². The summed E-state index contributed by atoms with van der Waals surface area (Å²) in [5.74, 6) is 0. The van der Waals surface area contributed by atoms with Gasteiger partial charge in [0.15, 0.2) is 0 Å². The van der Waals surface area contributed by atoms with E-state index in [0.717, 1.165) is 0 Å². The molecular formula is C6H15NO2. The smallest absolute Gasteiger partial charge is 0.0588 e. The van der Waals surface area contributed by atoms with Gasteiger partial charge in [0.05, 0.1) is 6.61 Å². The highest BCUT2D eigenvalue weighted by molar-refractivity contribution is 4.79. The number of nitrogens with two attached hydrogens (primary N) is 1. The third kappa shape index (κ3) is 2.30. The highest BCUT2D eigenvalue weighted by atomic mass is 16.3. The topological polar surface area (TPSA) is 66.5 Å². The van der Waals surface area contributed by atoms with Crippen LogP contribution in [-0.4, -0.2) is 29.5 Å². The molecule has 9 heavy (non-hydrogen) atoms. The summed E-state index contributed by atoms with van der Waals surface area (Å²) in [4.78, 5) is 0. The molecule has 1 atom stereocenters.